The number of nitrogens with one attached hydrogen (secondary N) is 2. The normalized spacial score (nSPS) is 11.2. The van der Waals surface area contributed by atoms with Crippen molar-refractivity contribution in [2.75, 3.05) is 18.9 Å². The number of nitrogens with zero attached hydrogens (tertiary/aromatic N) is 2. The Morgan fingerprint density at radius 1 is 1.41 bits per heavy atom. The average Bonchev–Trinajstić information content (AvgIpc) is 2.93. The van der Waals surface area contributed by atoms with E-state index in [9.17, 15) is 4.79 Å². The maximum Gasteiger partial charge on any atom is 0.238 e. The van der Waals surface area contributed by atoms with Crippen molar-refractivity contribution in [1.82, 2.24) is 14.9 Å². The molecule has 118 valence electrons. The Hall–Kier alpha value is -2.14. The SMILES string of the molecule is Cc1cccc(C(C)C)c1NC(=O)CN(C)Cc1ncc[nH]1. The van der Waals surface area contributed by atoms with Crippen LogP contribution in [0, 0.1) is 6.92 Å². The molecule has 0 bridgehead atoms. The van der Waals surface area contributed by atoms with E-state index in [4.69, 9.17) is 0 Å². The van der Waals surface area contributed by atoms with Crippen molar-refractivity contribution in [2.45, 2.75) is 33.2 Å². The zero-order chi connectivity index (χ0) is 16.1. The number of carbonyl (C=O) groups is 1. The van der Waals surface area contributed by atoms with E-state index in [1.54, 1.807) is 12.4 Å². The third kappa shape index (κ3) is 4.18. The average molecular weight is 300 g/mol. The van der Waals surface area contributed by atoms with E-state index in [1.807, 2.05) is 31.0 Å². The van der Waals surface area contributed by atoms with Crippen LogP contribution in [0.15, 0.2) is 30.6 Å². The van der Waals surface area contributed by atoms with Crippen LogP contribution in [0.3, 0.4) is 0 Å². The van der Waals surface area contributed by atoms with Gasteiger partial charge in [-0.3, -0.25) is 9.69 Å². The smallest absolute Gasteiger partial charge is 0.238 e. The van der Waals surface area contributed by atoms with Crippen molar-refractivity contribution in [3.63, 3.8) is 0 Å². The van der Waals surface area contributed by atoms with Crippen LogP contribution in [0.2, 0.25) is 0 Å². The van der Waals surface area contributed by atoms with Crippen LogP contribution in [-0.2, 0) is 11.3 Å². The number of para-hydroxylation sites is 1. The van der Waals surface area contributed by atoms with E-state index in [1.165, 1.54) is 5.56 Å². The van der Waals surface area contributed by atoms with Crippen LogP contribution < -0.4 is 5.32 Å². The lowest BCUT2D eigenvalue weighted by molar-refractivity contribution is -0.117. The first-order valence-corrected chi connectivity index (χ1v) is 7.53. The Kier molecular flexibility index (Phi) is 5.33. The van der Waals surface area contributed by atoms with Crippen molar-refractivity contribution in [3.05, 3.63) is 47.5 Å². The standard InChI is InChI=1S/C17H24N4O/c1-12(2)14-7-5-6-13(3)17(14)20-16(22)11-21(4)10-15-18-8-9-19-15/h5-9,12H,10-11H2,1-4H3,(H,18,19)(H,20,22). The molecule has 0 unspecified atom stereocenters. The van der Waals surface area contributed by atoms with E-state index < -0.39 is 0 Å². The van der Waals surface area contributed by atoms with Crippen LogP contribution >= 0.6 is 0 Å². The lowest BCUT2D eigenvalue weighted by Gasteiger charge is -2.19. The third-order valence-electron chi connectivity index (χ3n) is 3.58. The Balaban J connectivity index is 2.00. The summed E-state index contributed by atoms with van der Waals surface area (Å²) in [5.74, 6) is 1.22. The van der Waals surface area contributed by atoms with Crippen molar-refractivity contribution < 1.29 is 4.79 Å². The molecule has 0 aliphatic heterocycles. The molecule has 1 aromatic heterocycles. The Morgan fingerprint density at radius 3 is 2.82 bits per heavy atom. The topological polar surface area (TPSA) is 61.0 Å². The monoisotopic (exact) mass is 300 g/mol. The van der Waals surface area contributed by atoms with E-state index in [2.05, 4.69) is 35.2 Å². The molecule has 0 saturated heterocycles. The molecule has 5 heteroatoms. The van der Waals surface area contributed by atoms with Gasteiger partial charge in [0, 0.05) is 18.1 Å². The summed E-state index contributed by atoms with van der Waals surface area (Å²) in [4.78, 5) is 21.4. The van der Waals surface area contributed by atoms with Crippen molar-refractivity contribution >= 4 is 11.6 Å². The van der Waals surface area contributed by atoms with Crippen LogP contribution in [-0.4, -0.2) is 34.4 Å². The predicted octanol–water partition coefficient (Wildman–Crippen LogP) is 2.91. The number of anilines is 1. The molecule has 0 atom stereocenters. The van der Waals surface area contributed by atoms with Crippen LogP contribution in [0.4, 0.5) is 5.69 Å². The highest BCUT2D eigenvalue weighted by atomic mass is 16.2. The molecule has 0 aliphatic carbocycles. The molecule has 2 N–H and O–H groups in total. The molecule has 0 saturated carbocycles. The molecule has 1 aromatic carbocycles. The number of imidazole rings is 1. The van der Waals surface area contributed by atoms with Gasteiger partial charge >= 0.3 is 0 Å². The van der Waals surface area contributed by atoms with E-state index in [0.717, 1.165) is 17.1 Å². The molecule has 0 aliphatic rings. The molecular weight excluding hydrogens is 276 g/mol. The minimum Gasteiger partial charge on any atom is -0.348 e. The lowest BCUT2D eigenvalue weighted by Crippen LogP contribution is -2.30. The number of benzene rings is 1. The van der Waals surface area contributed by atoms with Gasteiger partial charge in [0.1, 0.15) is 5.82 Å². The predicted molar refractivity (Wildman–Crippen MR) is 88.8 cm³/mol. The molecule has 22 heavy (non-hydrogen) atoms. The quantitative estimate of drug-likeness (QED) is 0.862. The van der Waals surface area contributed by atoms with Gasteiger partial charge < -0.3 is 10.3 Å². The first-order valence-electron chi connectivity index (χ1n) is 7.53. The number of amides is 1. The summed E-state index contributed by atoms with van der Waals surface area (Å²) in [7, 11) is 1.91. The molecule has 2 aromatic rings. The van der Waals surface area contributed by atoms with Gasteiger partial charge in [0.05, 0.1) is 13.1 Å². The third-order valence-corrected chi connectivity index (χ3v) is 3.58. The number of aryl methyl sites for hydroxylation is 1. The molecular formula is C17H24N4O. The molecule has 0 fully saturated rings. The molecule has 1 amide bonds. The number of rotatable bonds is 6. The van der Waals surface area contributed by atoms with Gasteiger partial charge in [-0.25, -0.2) is 4.98 Å². The minimum absolute atomic E-state index is 0.00902. The molecule has 0 spiro atoms. The first kappa shape index (κ1) is 16.2. The highest BCUT2D eigenvalue weighted by Crippen LogP contribution is 2.27. The van der Waals surface area contributed by atoms with Gasteiger partial charge in [-0.1, -0.05) is 32.0 Å². The maximum absolute atomic E-state index is 12.3. The van der Waals surface area contributed by atoms with Crippen molar-refractivity contribution in [3.8, 4) is 0 Å². The summed E-state index contributed by atoms with van der Waals surface area (Å²) in [6.45, 7) is 7.23. The van der Waals surface area contributed by atoms with Gasteiger partial charge in [-0.2, -0.15) is 0 Å². The van der Waals surface area contributed by atoms with Crippen LogP contribution in [0.5, 0.6) is 0 Å². The lowest BCUT2D eigenvalue weighted by atomic mass is 9.98. The van der Waals surface area contributed by atoms with E-state index in [-0.39, 0.29) is 5.91 Å². The second-order valence-corrected chi connectivity index (χ2v) is 5.95. The first-order chi connectivity index (χ1) is 10.5. The highest BCUT2D eigenvalue weighted by molar-refractivity contribution is 5.93. The van der Waals surface area contributed by atoms with Crippen molar-refractivity contribution in [1.29, 1.82) is 0 Å². The zero-order valence-corrected chi connectivity index (χ0v) is 13.7. The number of hydrogen-bond donors (Lipinski definition) is 2. The summed E-state index contributed by atoms with van der Waals surface area (Å²) < 4.78 is 0. The number of H-pyrrole nitrogens is 1. The number of aromatic amines is 1. The fourth-order valence-electron chi connectivity index (χ4n) is 2.46. The van der Waals surface area contributed by atoms with Gasteiger partial charge in [-0.15, -0.1) is 0 Å². The molecule has 5 nitrogen and oxygen atoms in total. The maximum atomic E-state index is 12.3. The summed E-state index contributed by atoms with van der Waals surface area (Å²) in [6, 6.07) is 6.12. The van der Waals surface area contributed by atoms with Crippen molar-refractivity contribution in [2.24, 2.45) is 0 Å². The van der Waals surface area contributed by atoms with E-state index >= 15 is 0 Å². The Bertz CT molecular complexity index is 620. The van der Waals surface area contributed by atoms with Crippen LogP contribution in [0.25, 0.3) is 0 Å². The van der Waals surface area contributed by atoms with Gasteiger partial charge in [0.25, 0.3) is 0 Å². The second kappa shape index (κ2) is 7.22. The van der Waals surface area contributed by atoms with Gasteiger partial charge in [0.15, 0.2) is 0 Å². The Labute approximate surface area is 131 Å². The number of aromatic nitrogens is 2. The summed E-state index contributed by atoms with van der Waals surface area (Å²) in [5.41, 5.74) is 3.20. The summed E-state index contributed by atoms with van der Waals surface area (Å²) >= 11 is 0. The van der Waals surface area contributed by atoms with Gasteiger partial charge in [0.2, 0.25) is 5.91 Å². The van der Waals surface area contributed by atoms with E-state index in [0.29, 0.717) is 19.0 Å². The number of carbonyl (C=O) groups excluding carboxylic acids is 1. The molecule has 2 rings (SSSR count). The zero-order valence-electron chi connectivity index (χ0n) is 13.7. The minimum atomic E-state index is -0.00902. The molecule has 1 heterocycles. The molecule has 0 radical (unpaired) electrons. The number of hydrogen-bond acceptors (Lipinski definition) is 3. The Morgan fingerprint density at radius 2 is 2.18 bits per heavy atom. The largest absolute Gasteiger partial charge is 0.348 e. The second-order valence-electron chi connectivity index (χ2n) is 5.95. The highest BCUT2D eigenvalue weighted by Gasteiger charge is 2.13. The van der Waals surface area contributed by atoms with Crippen LogP contribution in [0.1, 0.15) is 36.7 Å². The fraction of sp³-hybridized carbons (Fsp3) is 0.412. The number of likely N-dealkylation sites (N-methyl/N-ethyl adjacent to an activating group) is 1. The van der Waals surface area contributed by atoms with Gasteiger partial charge in [-0.05, 0) is 31.0 Å². The summed E-state index contributed by atoms with van der Waals surface area (Å²) in [6.07, 6.45) is 3.50. The fourth-order valence-corrected chi connectivity index (χ4v) is 2.46. The summed E-state index contributed by atoms with van der Waals surface area (Å²) in [5, 5.41) is 3.06.